The van der Waals surface area contributed by atoms with Gasteiger partial charge in [-0.1, -0.05) is 12.1 Å². The van der Waals surface area contributed by atoms with Crippen LogP contribution in [0.15, 0.2) is 18.2 Å². The van der Waals surface area contributed by atoms with Crippen LogP contribution in [0.2, 0.25) is 0 Å². The quantitative estimate of drug-likeness (QED) is 0.499. The predicted molar refractivity (Wildman–Crippen MR) is 125 cm³/mol. The van der Waals surface area contributed by atoms with Crippen LogP contribution in [0.3, 0.4) is 0 Å². The van der Waals surface area contributed by atoms with E-state index in [0.717, 1.165) is 88.4 Å². The monoisotopic (exact) mass is 433 g/mol. The number of anilines is 1. The molecule has 2 saturated heterocycles. The van der Waals surface area contributed by atoms with Gasteiger partial charge >= 0.3 is 0 Å². The average Bonchev–Trinajstić information content (AvgIpc) is 2.75. The van der Waals surface area contributed by atoms with Crippen LogP contribution in [-0.2, 0) is 9.53 Å². The highest BCUT2D eigenvalue weighted by Crippen LogP contribution is 2.18. The van der Waals surface area contributed by atoms with Gasteiger partial charge in [0.25, 0.3) is 0 Å². The van der Waals surface area contributed by atoms with Crippen molar-refractivity contribution in [1.29, 1.82) is 0 Å². The molecule has 2 aliphatic rings. The second kappa shape index (κ2) is 11.6. The Labute approximate surface area is 185 Å². The van der Waals surface area contributed by atoms with Gasteiger partial charge in [-0.05, 0) is 56.2 Å². The second-order valence-electron chi connectivity index (χ2n) is 8.10. The third kappa shape index (κ3) is 6.91. The number of nitrogens with one attached hydrogen (secondary N) is 2. The molecular weight excluding hydrogens is 398 g/mol. The zero-order valence-corrected chi connectivity index (χ0v) is 19.1. The molecule has 3 rings (SSSR count). The first-order valence-electron chi connectivity index (χ1n) is 10.9. The number of carbonyl (C=O) groups excluding carboxylic acids is 1. The largest absolute Gasteiger partial charge is 0.379 e. The molecule has 0 radical (unpaired) electrons. The minimum atomic E-state index is 0.0426. The number of hydrogen-bond donors (Lipinski definition) is 2. The first kappa shape index (κ1) is 22.9. The molecule has 2 heterocycles. The van der Waals surface area contributed by atoms with Crippen LogP contribution in [-0.4, -0.2) is 97.8 Å². The number of piperazine rings is 1. The Hall–Kier alpha value is -1.74. The number of carbonyl (C=O) groups is 1. The van der Waals surface area contributed by atoms with Crippen LogP contribution in [0.25, 0.3) is 0 Å². The fourth-order valence-electron chi connectivity index (χ4n) is 3.82. The molecule has 0 aromatic heterocycles. The summed E-state index contributed by atoms with van der Waals surface area (Å²) in [6.45, 7) is 13.6. The molecule has 7 nitrogen and oxygen atoms in total. The maximum Gasteiger partial charge on any atom is 0.238 e. The topological polar surface area (TPSA) is 60.1 Å². The van der Waals surface area contributed by atoms with Gasteiger partial charge in [0.05, 0.1) is 19.8 Å². The van der Waals surface area contributed by atoms with E-state index in [4.69, 9.17) is 17.0 Å². The first-order chi connectivity index (χ1) is 14.5. The summed E-state index contributed by atoms with van der Waals surface area (Å²) in [7, 11) is 0. The van der Waals surface area contributed by atoms with Crippen molar-refractivity contribution in [1.82, 2.24) is 20.0 Å². The molecular formula is C22H35N5O2S. The molecule has 0 spiro atoms. The molecule has 1 amide bonds. The van der Waals surface area contributed by atoms with Crippen molar-refractivity contribution in [3.8, 4) is 0 Å². The fourth-order valence-corrected chi connectivity index (χ4v) is 4.11. The molecule has 2 aliphatic heterocycles. The van der Waals surface area contributed by atoms with Gasteiger partial charge < -0.3 is 20.3 Å². The zero-order chi connectivity index (χ0) is 21.3. The number of amides is 1. The summed E-state index contributed by atoms with van der Waals surface area (Å²) in [4.78, 5) is 19.3. The van der Waals surface area contributed by atoms with Crippen molar-refractivity contribution in [3.63, 3.8) is 0 Å². The summed E-state index contributed by atoms with van der Waals surface area (Å²) in [5, 5.41) is 7.27. The molecule has 2 N–H and O–H groups in total. The smallest absolute Gasteiger partial charge is 0.238 e. The van der Waals surface area contributed by atoms with Crippen LogP contribution in [0.1, 0.15) is 17.5 Å². The van der Waals surface area contributed by atoms with Gasteiger partial charge in [-0.25, -0.2) is 0 Å². The summed E-state index contributed by atoms with van der Waals surface area (Å²) >= 11 is 5.57. The highest BCUT2D eigenvalue weighted by atomic mass is 32.1. The Kier molecular flexibility index (Phi) is 8.87. The summed E-state index contributed by atoms with van der Waals surface area (Å²) in [5.74, 6) is 0.0426. The first-order valence-corrected chi connectivity index (χ1v) is 11.3. The second-order valence-corrected chi connectivity index (χ2v) is 8.49. The predicted octanol–water partition coefficient (Wildman–Crippen LogP) is 1.46. The van der Waals surface area contributed by atoms with Crippen LogP contribution in [0.4, 0.5) is 5.69 Å². The van der Waals surface area contributed by atoms with Crippen LogP contribution < -0.4 is 10.6 Å². The lowest BCUT2D eigenvalue weighted by Crippen LogP contribution is -2.53. The van der Waals surface area contributed by atoms with E-state index < -0.39 is 0 Å². The fraction of sp³-hybridized carbons (Fsp3) is 0.636. The number of aryl methyl sites for hydroxylation is 1. The minimum Gasteiger partial charge on any atom is -0.379 e. The van der Waals surface area contributed by atoms with Crippen molar-refractivity contribution >= 4 is 28.9 Å². The van der Waals surface area contributed by atoms with Gasteiger partial charge in [-0.15, -0.1) is 0 Å². The third-order valence-electron chi connectivity index (χ3n) is 5.94. The van der Waals surface area contributed by atoms with Gasteiger partial charge in [-0.2, -0.15) is 0 Å². The molecule has 0 unspecified atom stereocenters. The number of benzene rings is 1. The summed E-state index contributed by atoms with van der Waals surface area (Å²) in [5.41, 5.74) is 3.22. The van der Waals surface area contributed by atoms with Gasteiger partial charge in [0.1, 0.15) is 0 Å². The third-order valence-corrected chi connectivity index (χ3v) is 6.34. The van der Waals surface area contributed by atoms with E-state index in [1.807, 2.05) is 19.1 Å². The molecule has 8 heteroatoms. The molecule has 166 valence electrons. The summed E-state index contributed by atoms with van der Waals surface area (Å²) < 4.78 is 5.38. The Morgan fingerprint density at radius 1 is 1.07 bits per heavy atom. The Bertz CT molecular complexity index is 715. The normalized spacial score (nSPS) is 18.3. The number of ether oxygens (including phenoxy) is 1. The number of rotatable bonds is 7. The maximum absolute atomic E-state index is 12.4. The van der Waals surface area contributed by atoms with Crippen molar-refractivity contribution in [2.45, 2.75) is 20.3 Å². The molecule has 0 bridgehead atoms. The highest BCUT2D eigenvalue weighted by Gasteiger charge is 2.21. The van der Waals surface area contributed by atoms with Crippen LogP contribution in [0.5, 0.6) is 0 Å². The van der Waals surface area contributed by atoms with Gasteiger partial charge in [-0.3, -0.25) is 14.6 Å². The van der Waals surface area contributed by atoms with E-state index in [-0.39, 0.29) is 5.91 Å². The van der Waals surface area contributed by atoms with E-state index in [2.05, 4.69) is 38.3 Å². The van der Waals surface area contributed by atoms with E-state index in [0.29, 0.717) is 6.54 Å². The Balaban J connectivity index is 1.31. The summed E-state index contributed by atoms with van der Waals surface area (Å²) in [6.07, 6.45) is 1.08. The lowest BCUT2D eigenvalue weighted by atomic mass is 10.1. The van der Waals surface area contributed by atoms with Crippen molar-refractivity contribution in [2.75, 3.05) is 77.4 Å². The molecule has 1 aromatic rings. The Morgan fingerprint density at radius 3 is 2.53 bits per heavy atom. The van der Waals surface area contributed by atoms with Crippen LogP contribution >= 0.6 is 12.2 Å². The highest BCUT2D eigenvalue weighted by molar-refractivity contribution is 7.80. The molecule has 30 heavy (non-hydrogen) atoms. The molecule has 1 aromatic carbocycles. The van der Waals surface area contributed by atoms with Crippen LogP contribution in [0, 0.1) is 13.8 Å². The SMILES string of the molecule is Cc1cccc(NC(=O)CN2CCN(C(=S)NCCCN3CCOCC3)CC2)c1C. The van der Waals surface area contributed by atoms with Crippen molar-refractivity contribution in [3.05, 3.63) is 29.3 Å². The number of morpholine rings is 1. The lowest BCUT2D eigenvalue weighted by molar-refractivity contribution is -0.117. The zero-order valence-electron chi connectivity index (χ0n) is 18.3. The maximum atomic E-state index is 12.4. The number of nitrogens with zero attached hydrogens (tertiary/aromatic N) is 3. The van der Waals surface area contributed by atoms with Crippen molar-refractivity contribution < 1.29 is 9.53 Å². The lowest BCUT2D eigenvalue weighted by Gasteiger charge is -2.36. The molecule has 0 saturated carbocycles. The van der Waals surface area contributed by atoms with Crippen molar-refractivity contribution in [2.24, 2.45) is 0 Å². The number of thiocarbonyl (C=S) groups is 1. The van der Waals surface area contributed by atoms with E-state index in [9.17, 15) is 4.79 Å². The number of hydrogen-bond acceptors (Lipinski definition) is 5. The molecule has 0 atom stereocenters. The van der Waals surface area contributed by atoms with Gasteiger partial charge in [0.15, 0.2) is 5.11 Å². The average molecular weight is 434 g/mol. The molecule has 2 fully saturated rings. The standard InChI is InChI=1S/C22H35N5O2S/c1-18-5-3-6-20(19(18)2)24-21(28)17-26-9-11-27(12-10-26)22(30)23-7-4-8-25-13-15-29-16-14-25/h3,5-6H,4,7-17H2,1-2H3,(H,23,30)(H,24,28). The minimum absolute atomic E-state index is 0.0426. The Morgan fingerprint density at radius 2 is 1.80 bits per heavy atom. The summed E-state index contributed by atoms with van der Waals surface area (Å²) in [6, 6.07) is 6.00. The van der Waals surface area contributed by atoms with E-state index in [1.165, 1.54) is 5.56 Å². The van der Waals surface area contributed by atoms with Gasteiger partial charge in [0, 0.05) is 51.5 Å². The molecule has 0 aliphatic carbocycles. The van der Waals surface area contributed by atoms with E-state index >= 15 is 0 Å². The van der Waals surface area contributed by atoms with E-state index in [1.54, 1.807) is 0 Å². The van der Waals surface area contributed by atoms with Gasteiger partial charge in [0.2, 0.25) is 5.91 Å².